The normalized spacial score (nSPS) is 9.95. The third kappa shape index (κ3) is 3.89. The van der Waals surface area contributed by atoms with Crippen molar-refractivity contribution in [3.8, 4) is 5.75 Å². The van der Waals surface area contributed by atoms with Gasteiger partial charge in [0.2, 0.25) is 0 Å². The van der Waals surface area contributed by atoms with Crippen LogP contribution in [0.25, 0.3) is 0 Å². The number of hydrazine groups is 1. The van der Waals surface area contributed by atoms with Gasteiger partial charge in [-0.15, -0.1) is 0 Å². The summed E-state index contributed by atoms with van der Waals surface area (Å²) in [6.45, 7) is 0. The molecule has 0 unspecified atom stereocenters. The molecule has 2 aromatic rings. The summed E-state index contributed by atoms with van der Waals surface area (Å²) >= 11 is 7.98. The van der Waals surface area contributed by atoms with E-state index in [1.807, 2.05) is 0 Å². The van der Waals surface area contributed by atoms with Gasteiger partial charge in [-0.3, -0.25) is 20.4 Å². The number of benzene rings is 2. The van der Waals surface area contributed by atoms with E-state index in [0.717, 1.165) is 3.57 Å². The van der Waals surface area contributed by atoms with Crippen LogP contribution in [0, 0.1) is 3.57 Å². The molecule has 2 N–H and O–H groups in total. The van der Waals surface area contributed by atoms with Crippen LogP contribution in [0.4, 0.5) is 0 Å². The van der Waals surface area contributed by atoms with Crippen molar-refractivity contribution in [2.75, 3.05) is 7.11 Å². The lowest BCUT2D eigenvalue weighted by molar-refractivity contribution is 0.0846. The second-order valence-electron chi connectivity index (χ2n) is 4.24. The third-order valence-electron chi connectivity index (χ3n) is 2.82. The van der Waals surface area contributed by atoms with Gasteiger partial charge in [-0.05, 0) is 52.9 Å². The molecule has 0 aromatic heterocycles. The lowest BCUT2D eigenvalue weighted by Crippen LogP contribution is -2.41. The molecule has 0 aliphatic carbocycles. The maximum Gasteiger partial charge on any atom is 0.271 e. The summed E-state index contributed by atoms with van der Waals surface area (Å²) in [6, 6.07) is 11.5. The average Bonchev–Trinajstić information content (AvgIpc) is 2.52. The van der Waals surface area contributed by atoms with Crippen LogP contribution in [0.5, 0.6) is 5.75 Å². The highest BCUT2D eigenvalue weighted by Gasteiger charge is 2.12. The van der Waals surface area contributed by atoms with E-state index in [-0.39, 0.29) is 5.56 Å². The Morgan fingerprint density at radius 1 is 1.09 bits per heavy atom. The molecular formula is C15H12ClIN2O3. The number of nitrogens with one attached hydrogen (secondary N) is 2. The van der Waals surface area contributed by atoms with E-state index in [1.54, 1.807) is 49.6 Å². The number of hydrogen-bond acceptors (Lipinski definition) is 3. The van der Waals surface area contributed by atoms with E-state index >= 15 is 0 Å². The monoisotopic (exact) mass is 430 g/mol. The molecule has 0 radical (unpaired) electrons. The highest BCUT2D eigenvalue weighted by atomic mass is 127. The van der Waals surface area contributed by atoms with Crippen LogP contribution in [0.2, 0.25) is 5.02 Å². The molecule has 22 heavy (non-hydrogen) atoms. The van der Waals surface area contributed by atoms with Gasteiger partial charge in [0.15, 0.2) is 0 Å². The number of rotatable bonds is 3. The standard InChI is InChI=1S/C15H12ClIN2O3/c1-22-13-7-6-9(8-12(13)17)14(20)18-19-15(21)10-4-2-3-5-11(10)16/h2-8H,1H3,(H,18,20)(H,19,21). The van der Waals surface area contributed by atoms with E-state index < -0.39 is 11.8 Å². The van der Waals surface area contributed by atoms with Crippen molar-refractivity contribution in [2.45, 2.75) is 0 Å². The zero-order valence-corrected chi connectivity index (χ0v) is 14.4. The van der Waals surface area contributed by atoms with Crippen LogP contribution in [0.15, 0.2) is 42.5 Å². The molecule has 0 aliphatic heterocycles. The van der Waals surface area contributed by atoms with E-state index in [0.29, 0.717) is 16.3 Å². The number of carbonyl (C=O) groups is 2. The van der Waals surface area contributed by atoms with Crippen molar-refractivity contribution in [1.82, 2.24) is 10.9 Å². The van der Waals surface area contributed by atoms with Crippen molar-refractivity contribution in [1.29, 1.82) is 0 Å². The molecule has 0 aliphatic rings. The predicted molar refractivity (Wildman–Crippen MR) is 92.1 cm³/mol. The van der Waals surface area contributed by atoms with Gasteiger partial charge in [0.05, 0.1) is 21.3 Å². The lowest BCUT2D eigenvalue weighted by Gasteiger charge is -2.09. The third-order valence-corrected chi connectivity index (χ3v) is 3.99. The number of hydrogen-bond donors (Lipinski definition) is 2. The lowest BCUT2D eigenvalue weighted by atomic mass is 10.2. The number of carbonyl (C=O) groups excluding carboxylic acids is 2. The second-order valence-corrected chi connectivity index (χ2v) is 5.81. The summed E-state index contributed by atoms with van der Waals surface area (Å²) in [6.07, 6.45) is 0. The SMILES string of the molecule is COc1ccc(C(=O)NNC(=O)c2ccccc2Cl)cc1I. The van der Waals surface area contributed by atoms with Crippen molar-refractivity contribution in [3.63, 3.8) is 0 Å². The van der Waals surface area contributed by atoms with Gasteiger partial charge in [-0.2, -0.15) is 0 Å². The summed E-state index contributed by atoms with van der Waals surface area (Å²) in [5.41, 5.74) is 5.37. The van der Waals surface area contributed by atoms with E-state index in [2.05, 4.69) is 33.4 Å². The molecule has 0 atom stereocenters. The molecule has 0 heterocycles. The molecular weight excluding hydrogens is 419 g/mol. The highest BCUT2D eigenvalue weighted by molar-refractivity contribution is 14.1. The van der Waals surface area contributed by atoms with Crippen LogP contribution in [-0.4, -0.2) is 18.9 Å². The van der Waals surface area contributed by atoms with Gasteiger partial charge in [-0.25, -0.2) is 0 Å². The first-order valence-electron chi connectivity index (χ1n) is 6.21. The maximum atomic E-state index is 12.0. The Kier molecular flexibility index (Phi) is 5.62. The quantitative estimate of drug-likeness (QED) is 0.581. The van der Waals surface area contributed by atoms with E-state index in [1.165, 1.54) is 0 Å². The maximum absolute atomic E-state index is 12.0. The molecule has 7 heteroatoms. The average molecular weight is 431 g/mol. The Bertz CT molecular complexity index is 722. The Labute approximate surface area is 146 Å². The van der Waals surface area contributed by atoms with E-state index in [4.69, 9.17) is 16.3 Å². The van der Waals surface area contributed by atoms with E-state index in [9.17, 15) is 9.59 Å². The van der Waals surface area contributed by atoms with Gasteiger partial charge in [-0.1, -0.05) is 23.7 Å². The summed E-state index contributed by atoms with van der Waals surface area (Å²) in [7, 11) is 1.56. The fourth-order valence-corrected chi connectivity index (χ4v) is 2.66. The second kappa shape index (κ2) is 7.46. The molecule has 0 spiro atoms. The zero-order chi connectivity index (χ0) is 16.1. The Morgan fingerprint density at radius 3 is 2.41 bits per heavy atom. The minimum atomic E-state index is -0.484. The Morgan fingerprint density at radius 2 is 1.77 bits per heavy atom. The molecule has 5 nitrogen and oxygen atoms in total. The molecule has 2 rings (SSSR count). The molecule has 0 bridgehead atoms. The Balaban J connectivity index is 2.02. The van der Waals surface area contributed by atoms with Crippen molar-refractivity contribution in [2.24, 2.45) is 0 Å². The fraction of sp³-hybridized carbons (Fsp3) is 0.0667. The van der Waals surface area contributed by atoms with Gasteiger partial charge >= 0.3 is 0 Å². The molecule has 0 saturated heterocycles. The van der Waals surface area contributed by atoms with Gasteiger partial charge in [0.25, 0.3) is 11.8 Å². The number of methoxy groups -OCH3 is 1. The van der Waals surface area contributed by atoms with Crippen LogP contribution >= 0.6 is 34.2 Å². The van der Waals surface area contributed by atoms with Gasteiger partial charge < -0.3 is 4.74 Å². The molecule has 114 valence electrons. The number of halogens is 2. The summed E-state index contributed by atoms with van der Waals surface area (Å²) in [4.78, 5) is 24.0. The van der Waals surface area contributed by atoms with Gasteiger partial charge in [0.1, 0.15) is 5.75 Å². The van der Waals surface area contributed by atoms with Crippen LogP contribution < -0.4 is 15.6 Å². The van der Waals surface area contributed by atoms with Crippen molar-refractivity contribution >= 4 is 46.0 Å². The van der Waals surface area contributed by atoms with Crippen LogP contribution in [0.3, 0.4) is 0 Å². The summed E-state index contributed by atoms with van der Waals surface area (Å²) < 4.78 is 5.92. The zero-order valence-electron chi connectivity index (χ0n) is 11.5. The largest absolute Gasteiger partial charge is 0.496 e. The van der Waals surface area contributed by atoms with Crippen LogP contribution in [0.1, 0.15) is 20.7 Å². The predicted octanol–water partition coefficient (Wildman–Crippen LogP) is 3.03. The molecule has 0 saturated carbocycles. The van der Waals surface area contributed by atoms with Gasteiger partial charge in [0, 0.05) is 5.56 Å². The smallest absolute Gasteiger partial charge is 0.271 e. The summed E-state index contributed by atoms with van der Waals surface area (Å²) in [5, 5.41) is 0.313. The first-order valence-corrected chi connectivity index (χ1v) is 7.67. The number of ether oxygens (including phenoxy) is 1. The number of amides is 2. The first kappa shape index (κ1) is 16.6. The first-order chi connectivity index (χ1) is 10.5. The molecule has 0 fully saturated rings. The topological polar surface area (TPSA) is 67.4 Å². The minimum Gasteiger partial charge on any atom is -0.496 e. The Hall–Kier alpha value is -1.80. The van der Waals surface area contributed by atoms with Crippen molar-refractivity contribution in [3.05, 3.63) is 62.2 Å². The molecule has 2 aromatic carbocycles. The van der Waals surface area contributed by atoms with Crippen LogP contribution in [-0.2, 0) is 0 Å². The van der Waals surface area contributed by atoms with Crippen molar-refractivity contribution < 1.29 is 14.3 Å². The fourth-order valence-electron chi connectivity index (χ4n) is 1.71. The molecule has 2 amide bonds. The highest BCUT2D eigenvalue weighted by Crippen LogP contribution is 2.21. The summed E-state index contributed by atoms with van der Waals surface area (Å²) in [5.74, 6) is -0.236. The minimum absolute atomic E-state index is 0.286.